The van der Waals surface area contributed by atoms with Crippen LogP contribution >= 0.6 is 31.9 Å². The van der Waals surface area contributed by atoms with E-state index in [1.807, 2.05) is 31.2 Å². The van der Waals surface area contributed by atoms with Crippen molar-refractivity contribution in [3.63, 3.8) is 0 Å². The number of ether oxygens (including phenoxy) is 2. The number of nitrogens with zero attached hydrogens (tertiary/aromatic N) is 3. The molecule has 0 amide bonds. The van der Waals surface area contributed by atoms with Gasteiger partial charge in [-0.3, -0.25) is 25.7 Å². The van der Waals surface area contributed by atoms with Crippen LogP contribution in [-0.2, 0) is 6.61 Å². The van der Waals surface area contributed by atoms with E-state index in [0.29, 0.717) is 34.7 Å². The summed E-state index contributed by atoms with van der Waals surface area (Å²) in [7, 11) is 0. The number of halogens is 2. The number of non-ortho nitro benzene ring substituents is 1. The summed E-state index contributed by atoms with van der Waals surface area (Å²) in [5.74, 6) is 1.03. The number of nitro groups is 2. The Labute approximate surface area is 211 Å². The molecule has 1 N–H and O–H groups in total. The second-order valence-corrected chi connectivity index (χ2v) is 8.53. The maximum absolute atomic E-state index is 11.3. The van der Waals surface area contributed by atoms with Crippen LogP contribution in [0.3, 0.4) is 0 Å². The molecule has 0 unspecified atom stereocenters. The molecule has 10 nitrogen and oxygen atoms in total. The Kier molecular flexibility index (Phi) is 8.55. The third-order valence-electron chi connectivity index (χ3n) is 4.42. The summed E-state index contributed by atoms with van der Waals surface area (Å²) in [5, 5.41) is 26.2. The van der Waals surface area contributed by atoms with Gasteiger partial charge in [0.25, 0.3) is 5.69 Å². The van der Waals surface area contributed by atoms with Crippen molar-refractivity contribution in [3.05, 3.63) is 94.9 Å². The number of nitro benzene ring substituents is 2. The van der Waals surface area contributed by atoms with Gasteiger partial charge in [-0.1, -0.05) is 28.1 Å². The average Bonchev–Trinajstić information content (AvgIpc) is 2.80. The van der Waals surface area contributed by atoms with Gasteiger partial charge in [0.2, 0.25) is 0 Å². The molecule has 0 aliphatic heterocycles. The average molecular weight is 594 g/mol. The van der Waals surface area contributed by atoms with Crippen LogP contribution in [-0.4, -0.2) is 22.7 Å². The largest absolute Gasteiger partial charge is 0.490 e. The van der Waals surface area contributed by atoms with E-state index in [0.717, 1.165) is 22.2 Å². The zero-order chi connectivity index (χ0) is 24.7. The number of hydrogen-bond donors (Lipinski definition) is 1. The van der Waals surface area contributed by atoms with Gasteiger partial charge in [0.05, 0.1) is 33.2 Å². The molecule has 0 fully saturated rings. The highest BCUT2D eigenvalue weighted by Crippen LogP contribution is 2.37. The number of nitrogens with one attached hydrogen (secondary N) is 1. The van der Waals surface area contributed by atoms with Crippen LogP contribution in [0.2, 0.25) is 0 Å². The molecule has 0 aromatic heterocycles. The van der Waals surface area contributed by atoms with Gasteiger partial charge in [0.1, 0.15) is 12.3 Å². The minimum absolute atomic E-state index is 0.0189. The topological polar surface area (TPSA) is 129 Å². The van der Waals surface area contributed by atoms with E-state index < -0.39 is 15.5 Å². The Hall–Kier alpha value is -3.51. The summed E-state index contributed by atoms with van der Waals surface area (Å²) in [6.45, 7) is 2.60. The third-order valence-corrected chi connectivity index (χ3v) is 5.53. The summed E-state index contributed by atoms with van der Waals surface area (Å²) >= 11 is 6.90. The SMILES string of the molecule is CCOc1cc(C=NNc2ccc([N+](=O)[O-])cc2[N+](=O)[O-])cc(Br)c1OCc1ccc(Br)cc1. The van der Waals surface area contributed by atoms with Gasteiger partial charge in [0, 0.05) is 10.5 Å². The van der Waals surface area contributed by atoms with Crippen molar-refractivity contribution in [2.24, 2.45) is 5.10 Å². The molecule has 0 radical (unpaired) electrons. The molecule has 3 aromatic carbocycles. The summed E-state index contributed by atoms with van der Waals surface area (Å²) in [5.41, 5.74) is 3.35. The molecule has 0 spiro atoms. The molecular formula is C22H18Br2N4O6. The first-order valence-electron chi connectivity index (χ1n) is 9.84. The van der Waals surface area contributed by atoms with Crippen LogP contribution < -0.4 is 14.9 Å². The van der Waals surface area contributed by atoms with Gasteiger partial charge in [-0.15, -0.1) is 0 Å². The predicted molar refractivity (Wildman–Crippen MR) is 135 cm³/mol. The van der Waals surface area contributed by atoms with Gasteiger partial charge in [0.15, 0.2) is 11.5 Å². The lowest BCUT2D eigenvalue weighted by Gasteiger charge is -2.14. The van der Waals surface area contributed by atoms with E-state index >= 15 is 0 Å². The Morgan fingerprint density at radius 2 is 1.74 bits per heavy atom. The van der Waals surface area contributed by atoms with Crippen molar-refractivity contribution in [3.8, 4) is 11.5 Å². The van der Waals surface area contributed by atoms with Gasteiger partial charge in [-0.2, -0.15) is 5.10 Å². The van der Waals surface area contributed by atoms with Crippen molar-refractivity contribution in [2.45, 2.75) is 13.5 Å². The molecule has 3 aromatic rings. The molecule has 0 aliphatic carbocycles. The van der Waals surface area contributed by atoms with Crippen LogP contribution in [0.25, 0.3) is 0 Å². The maximum atomic E-state index is 11.3. The minimum Gasteiger partial charge on any atom is -0.490 e. The van der Waals surface area contributed by atoms with Crippen LogP contribution in [0.15, 0.2) is 68.6 Å². The predicted octanol–water partition coefficient (Wildman–Crippen LogP) is 6.45. The van der Waals surface area contributed by atoms with Gasteiger partial charge >= 0.3 is 5.69 Å². The summed E-state index contributed by atoms with van der Waals surface area (Å²) in [6.07, 6.45) is 1.44. The molecule has 34 heavy (non-hydrogen) atoms. The smallest absolute Gasteiger partial charge is 0.301 e. The molecule has 12 heteroatoms. The fourth-order valence-electron chi connectivity index (χ4n) is 2.86. The monoisotopic (exact) mass is 592 g/mol. The lowest BCUT2D eigenvalue weighted by molar-refractivity contribution is -0.393. The van der Waals surface area contributed by atoms with Crippen LogP contribution in [0.1, 0.15) is 18.1 Å². The van der Waals surface area contributed by atoms with Crippen LogP contribution in [0.5, 0.6) is 11.5 Å². The second-order valence-electron chi connectivity index (χ2n) is 6.76. The first kappa shape index (κ1) is 25.1. The lowest BCUT2D eigenvalue weighted by atomic mass is 10.2. The Morgan fingerprint density at radius 1 is 1.00 bits per heavy atom. The van der Waals surface area contributed by atoms with Crippen molar-refractivity contribution < 1.29 is 19.3 Å². The fraction of sp³-hybridized carbons (Fsp3) is 0.136. The molecule has 0 aliphatic rings. The zero-order valence-electron chi connectivity index (χ0n) is 17.7. The first-order valence-corrected chi connectivity index (χ1v) is 11.4. The number of rotatable bonds is 10. The highest BCUT2D eigenvalue weighted by molar-refractivity contribution is 9.10. The summed E-state index contributed by atoms with van der Waals surface area (Å²) in [6, 6.07) is 14.5. The van der Waals surface area contributed by atoms with E-state index in [1.165, 1.54) is 12.3 Å². The fourth-order valence-corrected chi connectivity index (χ4v) is 3.70. The molecule has 3 rings (SSSR count). The summed E-state index contributed by atoms with van der Waals surface area (Å²) in [4.78, 5) is 20.7. The highest BCUT2D eigenvalue weighted by Gasteiger charge is 2.19. The molecule has 0 atom stereocenters. The lowest BCUT2D eigenvalue weighted by Crippen LogP contribution is -2.02. The Morgan fingerprint density at radius 3 is 2.38 bits per heavy atom. The normalized spacial score (nSPS) is 10.8. The van der Waals surface area contributed by atoms with Crippen molar-refractivity contribution in [2.75, 3.05) is 12.0 Å². The molecule has 176 valence electrons. The Balaban J connectivity index is 1.79. The zero-order valence-corrected chi connectivity index (χ0v) is 20.9. The van der Waals surface area contributed by atoms with E-state index in [4.69, 9.17) is 9.47 Å². The molecule has 0 saturated heterocycles. The van der Waals surface area contributed by atoms with Crippen molar-refractivity contribution in [1.29, 1.82) is 0 Å². The Bertz CT molecular complexity index is 1230. The van der Waals surface area contributed by atoms with Crippen molar-refractivity contribution >= 4 is 55.1 Å². The number of anilines is 1. The van der Waals surface area contributed by atoms with Crippen molar-refractivity contribution in [1.82, 2.24) is 0 Å². The second kappa shape index (κ2) is 11.6. The van der Waals surface area contributed by atoms with E-state index in [-0.39, 0.29) is 11.4 Å². The summed E-state index contributed by atoms with van der Waals surface area (Å²) < 4.78 is 13.3. The minimum atomic E-state index is -0.716. The number of benzene rings is 3. The molecule has 0 bridgehead atoms. The molecule has 0 saturated carbocycles. The van der Waals surface area contributed by atoms with Crippen LogP contribution in [0, 0.1) is 20.2 Å². The van der Waals surface area contributed by atoms with E-state index in [2.05, 4.69) is 42.4 Å². The van der Waals surface area contributed by atoms with E-state index in [9.17, 15) is 20.2 Å². The van der Waals surface area contributed by atoms with Gasteiger partial charge < -0.3 is 9.47 Å². The quantitative estimate of drug-likeness (QED) is 0.162. The highest BCUT2D eigenvalue weighted by atomic mass is 79.9. The maximum Gasteiger partial charge on any atom is 0.301 e. The number of hydrogen-bond acceptors (Lipinski definition) is 8. The first-order chi connectivity index (χ1) is 16.3. The van der Waals surface area contributed by atoms with Crippen LogP contribution in [0.4, 0.5) is 17.1 Å². The number of hydrazone groups is 1. The molecule has 0 heterocycles. The van der Waals surface area contributed by atoms with E-state index in [1.54, 1.807) is 12.1 Å². The standard InChI is InChI=1S/C22H18Br2N4O6/c1-2-33-21-10-15(9-18(24)22(21)34-13-14-3-5-16(23)6-4-14)12-25-26-19-8-7-17(27(29)30)11-20(19)28(31)32/h3-12,26H,2,13H2,1H3. The van der Waals surface area contributed by atoms with Gasteiger partial charge in [-0.25, -0.2) is 0 Å². The third kappa shape index (κ3) is 6.51. The molecular weight excluding hydrogens is 576 g/mol. The van der Waals surface area contributed by atoms with Gasteiger partial charge in [-0.05, 0) is 64.3 Å².